The molecule has 1 amide bonds. The van der Waals surface area contributed by atoms with Gasteiger partial charge in [-0.25, -0.2) is 27.0 Å². The Bertz CT molecular complexity index is 2190. The number of sulfone groups is 1. The first-order valence-corrected chi connectivity index (χ1v) is 23.1. The summed E-state index contributed by atoms with van der Waals surface area (Å²) in [6.07, 6.45) is 8.58. The number of unbranched alkanes of at least 4 members (excludes halogenated alkanes) is 11. The van der Waals surface area contributed by atoms with Gasteiger partial charge in [-0.2, -0.15) is 0 Å². The second-order valence-corrected chi connectivity index (χ2v) is 19.1. The molecule has 0 spiro atoms. The smallest absolute Gasteiger partial charge is 0.406 e. The summed E-state index contributed by atoms with van der Waals surface area (Å²) in [6.45, 7) is 1.72. The number of aryl methyl sites for hydroxylation is 1. The van der Waals surface area contributed by atoms with Crippen LogP contribution in [0.2, 0.25) is 0 Å². The van der Waals surface area contributed by atoms with E-state index in [-0.39, 0.29) is 22.6 Å². The normalized spacial score (nSPS) is 13.5. The molecule has 0 saturated heterocycles. The van der Waals surface area contributed by atoms with E-state index in [2.05, 4.69) is 17.0 Å². The summed E-state index contributed by atoms with van der Waals surface area (Å²) in [5.74, 6) is -2.91. The van der Waals surface area contributed by atoms with Crippen LogP contribution in [0.3, 0.4) is 0 Å². The molecule has 0 saturated carbocycles. The lowest BCUT2D eigenvalue weighted by Crippen LogP contribution is -2.51. The Morgan fingerprint density at radius 1 is 0.857 bits per heavy atom. The molecule has 1 atom stereocenters. The van der Waals surface area contributed by atoms with Crippen LogP contribution in [0.15, 0.2) is 65.6 Å². The number of fused-ring (bicyclic) bond motifs is 1. The number of nitrogens with two attached hydrogens (primary N) is 1. The van der Waals surface area contributed by atoms with Gasteiger partial charge in [-0.15, -0.1) is 24.5 Å². The predicted octanol–water partition coefficient (Wildman–Crippen LogP) is 7.87. The van der Waals surface area contributed by atoms with Crippen molar-refractivity contribution in [3.05, 3.63) is 81.7 Å². The molecule has 4 aromatic rings. The van der Waals surface area contributed by atoms with E-state index in [4.69, 9.17) is 10.1 Å². The van der Waals surface area contributed by atoms with Crippen molar-refractivity contribution in [2.24, 2.45) is 12.2 Å². The minimum absolute atomic E-state index is 0.0400. The number of aromatic nitrogens is 2. The average molecular weight is 841 g/mol. The van der Waals surface area contributed by atoms with Crippen LogP contribution < -0.4 is 20.8 Å². The van der Waals surface area contributed by atoms with Gasteiger partial charge in [0, 0.05) is 25.9 Å². The number of carbonyl (C=O) groups excluding carboxylic acids is 1. The van der Waals surface area contributed by atoms with Gasteiger partial charge in [0.15, 0.2) is 9.84 Å². The third kappa shape index (κ3) is 12.9. The number of benzene rings is 2. The third-order valence-electron chi connectivity index (χ3n) is 9.64. The first-order chi connectivity index (χ1) is 26.4. The molecule has 0 fully saturated rings. The number of hydrogen-bond acceptors (Lipinski definition) is 9. The van der Waals surface area contributed by atoms with Crippen LogP contribution in [0.1, 0.15) is 101 Å². The Morgan fingerprint density at radius 2 is 1.45 bits per heavy atom. The minimum Gasteiger partial charge on any atom is -0.406 e. The highest BCUT2D eigenvalue weighted by Gasteiger charge is 2.54. The molecule has 0 aliphatic heterocycles. The fraction of sp³-hybridized carbons (Fsp3) is 0.513. The van der Waals surface area contributed by atoms with Crippen molar-refractivity contribution in [1.29, 1.82) is 0 Å². The molecule has 2 aromatic carbocycles. The fourth-order valence-electron chi connectivity index (χ4n) is 6.55. The number of nitrogens with one attached hydrogen (secondary N) is 1. The Kier molecular flexibility index (Phi) is 16.1. The van der Waals surface area contributed by atoms with Crippen LogP contribution in [0.25, 0.3) is 21.3 Å². The lowest BCUT2D eigenvalue weighted by molar-refractivity contribution is -0.274. The molecule has 2 heterocycles. The number of amides is 1. The second kappa shape index (κ2) is 20.1. The number of nitrogens with zero attached hydrogens (tertiary/aromatic N) is 2. The number of primary sulfonamides is 1. The molecule has 2 aromatic heterocycles. The molecule has 0 bridgehead atoms. The van der Waals surface area contributed by atoms with Crippen molar-refractivity contribution in [2.75, 3.05) is 12.3 Å². The van der Waals surface area contributed by atoms with Crippen molar-refractivity contribution in [3.63, 3.8) is 0 Å². The number of alkyl halides is 3. The maximum atomic E-state index is 14.8. The first kappa shape index (κ1) is 44.9. The zero-order chi connectivity index (χ0) is 41.0. The fourth-order valence-corrected chi connectivity index (χ4v) is 10.6. The summed E-state index contributed by atoms with van der Waals surface area (Å²) < 4.78 is 95.3. The number of hydrogen-bond donors (Lipinski definition) is 2. The largest absolute Gasteiger partial charge is 0.573 e. The quantitative estimate of drug-likeness (QED) is 0.0712. The van der Waals surface area contributed by atoms with Gasteiger partial charge < -0.3 is 14.6 Å². The van der Waals surface area contributed by atoms with E-state index in [1.165, 1.54) is 54.9 Å². The van der Waals surface area contributed by atoms with Gasteiger partial charge in [0.05, 0.1) is 21.7 Å². The van der Waals surface area contributed by atoms with E-state index >= 15 is 0 Å². The SMILES string of the molecule is CCCCCCCCCCCCCCC(C(=O)NCCS(N)(=O)=O)(c1nc2ccc(-c3ccn(C)c(=O)c3)cc2s1)S(=O)(=O)Cc1ccc(OC(F)(F)F)cc1. The molecule has 1 unspecified atom stereocenters. The molecule has 17 heteroatoms. The molecule has 0 aliphatic carbocycles. The third-order valence-corrected chi connectivity index (χ3v) is 14.1. The number of ether oxygens (including phenoxy) is 1. The average Bonchev–Trinajstić information content (AvgIpc) is 3.54. The van der Waals surface area contributed by atoms with E-state index in [0.717, 1.165) is 55.6 Å². The van der Waals surface area contributed by atoms with Crippen LogP contribution in [-0.2, 0) is 42.2 Å². The molecule has 308 valence electrons. The lowest BCUT2D eigenvalue weighted by Gasteiger charge is -2.30. The number of carbonyl (C=O) groups is 1. The summed E-state index contributed by atoms with van der Waals surface area (Å²) in [4.78, 5) is 31.5. The van der Waals surface area contributed by atoms with Crippen LogP contribution in [0.4, 0.5) is 13.2 Å². The van der Waals surface area contributed by atoms with Gasteiger partial charge in [0.25, 0.3) is 5.56 Å². The van der Waals surface area contributed by atoms with Crippen molar-refractivity contribution in [1.82, 2.24) is 14.9 Å². The highest BCUT2D eigenvalue weighted by molar-refractivity contribution is 7.92. The van der Waals surface area contributed by atoms with Crippen LogP contribution in [0, 0.1) is 0 Å². The Labute approximate surface area is 330 Å². The summed E-state index contributed by atoms with van der Waals surface area (Å²) in [7, 11) is -6.99. The molecular formula is C39H51F3N4O7S3. The highest BCUT2D eigenvalue weighted by Crippen LogP contribution is 2.43. The molecule has 11 nitrogen and oxygen atoms in total. The molecular weight excluding hydrogens is 790 g/mol. The number of thiazole rings is 1. The number of sulfonamides is 1. The van der Waals surface area contributed by atoms with E-state index in [0.29, 0.717) is 34.2 Å². The van der Waals surface area contributed by atoms with Crippen LogP contribution in [0.5, 0.6) is 5.75 Å². The first-order valence-electron chi connectivity index (χ1n) is 18.9. The van der Waals surface area contributed by atoms with E-state index in [1.807, 2.05) is 0 Å². The summed E-state index contributed by atoms with van der Waals surface area (Å²) in [5.41, 5.74) is 1.56. The highest BCUT2D eigenvalue weighted by atomic mass is 32.2. The molecule has 3 N–H and O–H groups in total. The van der Waals surface area contributed by atoms with Gasteiger partial charge >= 0.3 is 6.36 Å². The van der Waals surface area contributed by atoms with Crippen LogP contribution in [-0.4, -0.2) is 51.0 Å². The second-order valence-electron chi connectivity index (χ2n) is 14.1. The zero-order valence-corrected chi connectivity index (χ0v) is 34.2. The van der Waals surface area contributed by atoms with Crippen molar-refractivity contribution in [3.8, 4) is 16.9 Å². The maximum Gasteiger partial charge on any atom is 0.573 e. The van der Waals surface area contributed by atoms with Gasteiger partial charge in [0.2, 0.25) is 20.7 Å². The summed E-state index contributed by atoms with van der Waals surface area (Å²) in [5, 5.41) is 7.65. The molecule has 0 aliphatic rings. The van der Waals surface area contributed by atoms with Gasteiger partial charge in [0.1, 0.15) is 10.8 Å². The molecule has 0 radical (unpaired) electrons. The number of pyridine rings is 1. The van der Waals surface area contributed by atoms with Crippen LogP contribution >= 0.6 is 11.3 Å². The van der Waals surface area contributed by atoms with Gasteiger partial charge in [-0.05, 0) is 53.4 Å². The summed E-state index contributed by atoms with van der Waals surface area (Å²) >= 11 is 0.996. The maximum absolute atomic E-state index is 14.8. The Hall–Kier alpha value is -3.80. The monoisotopic (exact) mass is 840 g/mol. The van der Waals surface area contributed by atoms with Crippen molar-refractivity contribution < 1.29 is 39.5 Å². The molecule has 56 heavy (non-hydrogen) atoms. The minimum atomic E-state index is -4.95. The standard InChI is InChI=1S/C39H51F3N4O7S3/c1-3-4-5-6-7-8-9-10-11-12-13-14-22-38(36(48)44-23-25-56(43,51)52,55(49,50)28-29-15-18-32(19-16-29)53-39(40,41)42)37-45-33-20-17-30(26-34(33)54-37)31-21-24-46(2)35(47)27-31/h15-21,24,26-27H,3-14,22-23,25,28H2,1-2H3,(H,44,48)(H2,43,51,52). The predicted molar refractivity (Wildman–Crippen MR) is 214 cm³/mol. The Balaban J connectivity index is 1.69. The van der Waals surface area contributed by atoms with Gasteiger partial charge in [-0.1, -0.05) is 102 Å². The number of halogens is 3. The number of rotatable bonds is 23. The van der Waals surface area contributed by atoms with E-state index in [9.17, 15) is 39.6 Å². The van der Waals surface area contributed by atoms with Crippen molar-refractivity contribution >= 4 is 47.3 Å². The summed E-state index contributed by atoms with van der Waals surface area (Å²) in [6, 6.07) is 12.7. The molecule has 4 rings (SSSR count). The lowest BCUT2D eigenvalue weighted by atomic mass is 9.98. The van der Waals surface area contributed by atoms with Gasteiger partial charge in [-0.3, -0.25) is 9.59 Å². The topological polar surface area (TPSA) is 168 Å². The Morgan fingerprint density at radius 3 is 2.02 bits per heavy atom. The van der Waals surface area contributed by atoms with Crippen molar-refractivity contribution in [2.45, 2.75) is 107 Å². The zero-order valence-electron chi connectivity index (χ0n) is 31.8. The van der Waals surface area contributed by atoms with E-state index in [1.54, 1.807) is 37.5 Å². The van der Waals surface area contributed by atoms with E-state index < -0.39 is 60.7 Å².